The second kappa shape index (κ2) is 8.00. The molecule has 0 bridgehead atoms. The molecular formula is C21H20ClNO. The summed E-state index contributed by atoms with van der Waals surface area (Å²) in [4.78, 5) is 2.26. The van der Waals surface area contributed by atoms with Gasteiger partial charge in [0.1, 0.15) is 0 Å². The van der Waals surface area contributed by atoms with E-state index in [9.17, 15) is 5.11 Å². The van der Waals surface area contributed by atoms with Gasteiger partial charge in [-0.15, -0.1) is 0 Å². The molecule has 3 aromatic rings. The molecule has 0 aliphatic heterocycles. The van der Waals surface area contributed by atoms with Crippen molar-refractivity contribution in [1.82, 2.24) is 0 Å². The fraction of sp³-hybridized carbons (Fsp3) is 0.143. The molecule has 0 amide bonds. The Morgan fingerprint density at radius 3 is 1.71 bits per heavy atom. The van der Waals surface area contributed by atoms with E-state index >= 15 is 0 Å². The van der Waals surface area contributed by atoms with E-state index in [1.807, 2.05) is 54.6 Å². The summed E-state index contributed by atoms with van der Waals surface area (Å²) in [6.45, 7) is 1.54. The van der Waals surface area contributed by atoms with E-state index in [2.05, 4.69) is 29.2 Å². The van der Waals surface area contributed by atoms with Crippen molar-refractivity contribution in [2.24, 2.45) is 0 Å². The highest BCUT2D eigenvalue weighted by Crippen LogP contribution is 2.29. The maximum Gasteiger partial charge on any atom is 0.0682 e. The quantitative estimate of drug-likeness (QED) is 0.681. The van der Waals surface area contributed by atoms with Crippen LogP contribution in [-0.4, -0.2) is 5.11 Å². The van der Waals surface area contributed by atoms with Crippen LogP contribution in [0.5, 0.6) is 0 Å². The minimum atomic E-state index is -0.00261. The number of aliphatic hydroxyl groups is 1. The molecule has 0 aliphatic rings. The minimum absolute atomic E-state index is 0.00261. The van der Waals surface area contributed by atoms with Gasteiger partial charge in [-0.05, 0) is 28.8 Å². The molecule has 0 unspecified atom stereocenters. The third kappa shape index (κ3) is 4.16. The Kier molecular flexibility index (Phi) is 5.52. The molecule has 122 valence electrons. The lowest BCUT2D eigenvalue weighted by Crippen LogP contribution is -2.22. The largest absolute Gasteiger partial charge is 0.392 e. The van der Waals surface area contributed by atoms with Crippen LogP contribution in [0.15, 0.2) is 78.9 Å². The van der Waals surface area contributed by atoms with Crippen molar-refractivity contribution < 1.29 is 5.11 Å². The van der Waals surface area contributed by atoms with Gasteiger partial charge in [0.25, 0.3) is 0 Å². The fourth-order valence-corrected chi connectivity index (χ4v) is 3.06. The van der Waals surface area contributed by atoms with Gasteiger partial charge in [-0.2, -0.15) is 0 Å². The van der Waals surface area contributed by atoms with Gasteiger partial charge in [0.2, 0.25) is 0 Å². The molecule has 0 atom stereocenters. The van der Waals surface area contributed by atoms with Crippen molar-refractivity contribution >= 4 is 17.3 Å². The Morgan fingerprint density at radius 1 is 0.708 bits per heavy atom. The topological polar surface area (TPSA) is 23.5 Å². The van der Waals surface area contributed by atoms with Gasteiger partial charge >= 0.3 is 0 Å². The van der Waals surface area contributed by atoms with Gasteiger partial charge in [0.05, 0.1) is 17.3 Å². The zero-order valence-corrected chi connectivity index (χ0v) is 14.2. The number of aliphatic hydroxyl groups excluding tert-OH is 1. The second-order valence-electron chi connectivity index (χ2n) is 5.77. The van der Waals surface area contributed by atoms with Gasteiger partial charge in [0, 0.05) is 13.1 Å². The smallest absolute Gasteiger partial charge is 0.0682 e. The van der Waals surface area contributed by atoms with Crippen LogP contribution in [0.1, 0.15) is 16.7 Å². The van der Waals surface area contributed by atoms with Crippen LogP contribution >= 0.6 is 11.6 Å². The molecular weight excluding hydrogens is 318 g/mol. The standard InChI is InChI=1S/C21H20ClNO/c22-20-13-19(16-24)11-12-21(20)23(14-17-7-3-1-4-8-17)15-18-9-5-2-6-10-18/h1-13,24H,14-16H2. The molecule has 0 saturated heterocycles. The average Bonchev–Trinajstić information content (AvgIpc) is 2.63. The van der Waals surface area contributed by atoms with E-state index in [0.717, 1.165) is 24.3 Å². The zero-order chi connectivity index (χ0) is 16.8. The average molecular weight is 338 g/mol. The van der Waals surface area contributed by atoms with E-state index in [1.165, 1.54) is 11.1 Å². The maximum atomic E-state index is 9.29. The lowest BCUT2D eigenvalue weighted by molar-refractivity contribution is 0.282. The van der Waals surface area contributed by atoms with Gasteiger partial charge in [-0.1, -0.05) is 78.3 Å². The summed E-state index contributed by atoms with van der Waals surface area (Å²) in [7, 11) is 0. The molecule has 0 saturated carbocycles. The molecule has 0 aromatic heterocycles. The predicted molar refractivity (Wildman–Crippen MR) is 100 cm³/mol. The number of rotatable bonds is 6. The molecule has 0 fully saturated rings. The number of nitrogens with zero attached hydrogens (tertiary/aromatic N) is 1. The summed E-state index contributed by atoms with van der Waals surface area (Å²) in [6.07, 6.45) is 0. The summed E-state index contributed by atoms with van der Waals surface area (Å²) >= 11 is 6.48. The first-order valence-electron chi connectivity index (χ1n) is 7.98. The predicted octanol–water partition coefficient (Wildman–Crippen LogP) is 5.04. The number of benzene rings is 3. The van der Waals surface area contributed by atoms with Gasteiger partial charge in [-0.3, -0.25) is 0 Å². The third-order valence-electron chi connectivity index (χ3n) is 3.97. The molecule has 0 aliphatic carbocycles. The van der Waals surface area contributed by atoms with Gasteiger partial charge in [0.15, 0.2) is 0 Å². The van der Waals surface area contributed by atoms with Crippen molar-refractivity contribution in [1.29, 1.82) is 0 Å². The highest BCUT2D eigenvalue weighted by molar-refractivity contribution is 6.33. The summed E-state index contributed by atoms with van der Waals surface area (Å²) in [5, 5.41) is 9.95. The van der Waals surface area contributed by atoms with E-state index in [0.29, 0.717) is 5.02 Å². The Labute approximate surface area is 147 Å². The normalized spacial score (nSPS) is 10.6. The monoisotopic (exact) mass is 337 g/mol. The Balaban J connectivity index is 1.92. The molecule has 2 nitrogen and oxygen atoms in total. The van der Waals surface area contributed by atoms with Crippen molar-refractivity contribution in [2.75, 3.05) is 4.90 Å². The van der Waals surface area contributed by atoms with Crippen molar-refractivity contribution in [2.45, 2.75) is 19.7 Å². The number of hydrogen-bond acceptors (Lipinski definition) is 2. The van der Waals surface area contributed by atoms with Crippen LogP contribution in [0.25, 0.3) is 0 Å². The lowest BCUT2D eigenvalue weighted by atomic mass is 10.1. The highest BCUT2D eigenvalue weighted by atomic mass is 35.5. The Morgan fingerprint density at radius 2 is 1.25 bits per heavy atom. The number of halogens is 1. The van der Waals surface area contributed by atoms with E-state index < -0.39 is 0 Å². The summed E-state index contributed by atoms with van der Waals surface area (Å²) in [5.74, 6) is 0. The van der Waals surface area contributed by atoms with Crippen molar-refractivity contribution in [3.8, 4) is 0 Å². The zero-order valence-electron chi connectivity index (χ0n) is 13.4. The van der Waals surface area contributed by atoms with Crippen LogP contribution in [-0.2, 0) is 19.7 Å². The Bertz CT molecular complexity index is 733. The molecule has 3 aromatic carbocycles. The maximum absolute atomic E-state index is 9.29. The van der Waals surface area contributed by atoms with Crippen LogP contribution in [0.2, 0.25) is 5.02 Å². The van der Waals surface area contributed by atoms with Crippen LogP contribution in [0, 0.1) is 0 Å². The van der Waals surface area contributed by atoms with Crippen LogP contribution < -0.4 is 4.90 Å². The first-order chi connectivity index (χ1) is 11.8. The molecule has 0 heterocycles. The number of anilines is 1. The molecule has 3 heteroatoms. The van der Waals surface area contributed by atoms with Crippen LogP contribution in [0.4, 0.5) is 5.69 Å². The van der Waals surface area contributed by atoms with Crippen molar-refractivity contribution in [3.63, 3.8) is 0 Å². The molecule has 0 radical (unpaired) electrons. The van der Waals surface area contributed by atoms with Gasteiger partial charge < -0.3 is 10.0 Å². The van der Waals surface area contributed by atoms with E-state index in [-0.39, 0.29) is 6.61 Å². The first-order valence-corrected chi connectivity index (χ1v) is 8.36. The molecule has 0 spiro atoms. The summed E-state index contributed by atoms with van der Waals surface area (Å²) in [6, 6.07) is 26.5. The SMILES string of the molecule is OCc1ccc(N(Cc2ccccc2)Cc2ccccc2)c(Cl)c1. The van der Waals surface area contributed by atoms with Gasteiger partial charge in [-0.25, -0.2) is 0 Å². The lowest BCUT2D eigenvalue weighted by Gasteiger charge is -2.26. The van der Waals surface area contributed by atoms with E-state index in [4.69, 9.17) is 11.6 Å². The molecule has 3 rings (SSSR count). The number of hydrogen-bond donors (Lipinski definition) is 1. The highest BCUT2D eigenvalue weighted by Gasteiger charge is 2.12. The minimum Gasteiger partial charge on any atom is -0.392 e. The van der Waals surface area contributed by atoms with E-state index in [1.54, 1.807) is 0 Å². The molecule has 1 N–H and O–H groups in total. The summed E-state index contributed by atoms with van der Waals surface area (Å²) < 4.78 is 0. The van der Waals surface area contributed by atoms with Crippen molar-refractivity contribution in [3.05, 3.63) is 101 Å². The summed E-state index contributed by atoms with van der Waals surface area (Å²) in [5.41, 5.74) is 4.26. The Hall–Kier alpha value is -2.29. The first kappa shape index (κ1) is 16.6. The second-order valence-corrected chi connectivity index (χ2v) is 6.18. The third-order valence-corrected chi connectivity index (χ3v) is 4.27. The fourth-order valence-electron chi connectivity index (χ4n) is 2.74. The van der Waals surface area contributed by atoms with Crippen LogP contribution in [0.3, 0.4) is 0 Å². The molecule has 24 heavy (non-hydrogen) atoms.